The molecule has 60 valence electrons. The van der Waals surface area contributed by atoms with Crippen LogP contribution in [-0.2, 0) is 0 Å². The Kier molecular flexibility index (Phi) is 24100. The van der Waals surface area contributed by atoms with Gasteiger partial charge >= 0.3 is 0 Å². The van der Waals surface area contributed by atoms with Gasteiger partial charge in [-0.1, -0.05) is 8.41 Å². The van der Waals surface area contributed by atoms with E-state index in [1.165, 1.54) is 0 Å². The van der Waals surface area contributed by atoms with Crippen LogP contribution in [0.5, 0.6) is 0 Å². The average molecular weight is 146 g/mol. The van der Waals surface area contributed by atoms with Crippen molar-refractivity contribution in [2.75, 3.05) is 0 Å². The maximum absolute atomic E-state index is 0. The predicted octanol–water partition coefficient (Wildman–Crippen LogP) is 1.49. The molecule has 1 unspecified atom stereocenters. The fraction of sp³-hybridized carbons (Fsp3) is 0. The molecular weight excluding hydrogens is 125 g/mol. The van der Waals surface area contributed by atoms with Crippen molar-refractivity contribution in [3.05, 3.63) is 27.2 Å². The van der Waals surface area contributed by atoms with Gasteiger partial charge in [0, 0.05) is 0 Å². The summed E-state index contributed by atoms with van der Waals surface area (Å²) in [6, 6.07) is 0. The van der Waals surface area contributed by atoms with Crippen LogP contribution in [0.15, 0.2) is 0 Å². The van der Waals surface area contributed by atoms with Crippen molar-refractivity contribution in [2.24, 2.45) is 0 Å². The van der Waals surface area contributed by atoms with Crippen LogP contribution in [0.4, 0.5) is 0 Å². The SMILES string of the molecule is P.[BH4-].[CH3-].[CH3-].[H-].[H-].[NH2-].[NH2-].[PH2-]. The van der Waals surface area contributed by atoms with Crippen LogP contribution in [0.1, 0.15) is 2.85 Å². The fourth-order valence-electron chi connectivity index (χ4n) is 0. The maximum atomic E-state index is 0. The molecule has 0 aliphatic heterocycles. The average Bonchev–Trinajstić information content (AvgIpc) is 0. The van der Waals surface area contributed by atoms with E-state index in [2.05, 4.69) is 0 Å². The summed E-state index contributed by atoms with van der Waals surface area (Å²) >= 11 is 0. The molecule has 0 saturated carbocycles. The summed E-state index contributed by atoms with van der Waals surface area (Å²) in [7, 11) is 0. The second-order valence-corrected chi connectivity index (χ2v) is 0. The summed E-state index contributed by atoms with van der Waals surface area (Å²) in [5, 5.41) is 0. The highest BCUT2D eigenvalue weighted by Gasteiger charge is -0.0626. The summed E-state index contributed by atoms with van der Waals surface area (Å²) < 4.78 is 0. The zero-order valence-electron chi connectivity index (χ0n) is 6.44. The van der Waals surface area contributed by atoms with Crippen LogP contribution >= 0.6 is 19.8 Å². The number of hydrogen-bond donors (Lipinski definition) is 0. The lowest BCUT2D eigenvalue weighted by atomic mass is 10.8. The van der Waals surface area contributed by atoms with E-state index < -0.39 is 0 Å². The van der Waals surface area contributed by atoms with E-state index in [0.717, 1.165) is 0 Å². The predicted molar refractivity (Wildman–Crippen MR) is 57.8 cm³/mol. The second kappa shape index (κ2) is 328. The molecule has 5 heteroatoms. The molecule has 7 heavy (non-hydrogen) atoms. The molecule has 0 radical (unpaired) electrons. The van der Waals surface area contributed by atoms with Crippen molar-refractivity contribution in [1.82, 2.24) is 0 Å². The molecule has 1 atom stereocenters. The van der Waals surface area contributed by atoms with Gasteiger partial charge in [0.2, 0.25) is 0 Å². The Hall–Kier alpha value is 0.845. The first kappa shape index (κ1) is 515. The highest BCUT2D eigenvalue weighted by atomic mass is 31.0. The van der Waals surface area contributed by atoms with Crippen LogP contribution in [-0.4, -0.2) is 8.41 Å². The summed E-state index contributed by atoms with van der Waals surface area (Å²) in [6.45, 7) is 0. The van der Waals surface area contributed by atoms with Crippen molar-refractivity contribution < 1.29 is 2.85 Å². The van der Waals surface area contributed by atoms with Crippen LogP contribution in [0, 0.1) is 14.9 Å². The molecule has 0 fully saturated rings. The summed E-state index contributed by atoms with van der Waals surface area (Å²) in [5.74, 6) is 0. The maximum Gasteiger partial charge on any atom is -0.0626 e. The molecule has 0 aliphatic carbocycles. The zero-order valence-corrected chi connectivity index (χ0v) is 7.01. The van der Waals surface area contributed by atoms with Gasteiger partial charge in [-0.25, -0.2) is 0 Å². The third-order valence-electron chi connectivity index (χ3n) is 0. The number of rotatable bonds is 0. The Balaban J connectivity index is 0. The highest BCUT2D eigenvalue weighted by Crippen LogP contribution is 0.862. The van der Waals surface area contributed by atoms with Gasteiger partial charge in [0.15, 0.2) is 0 Å². The molecule has 0 spiro atoms. The standard InChI is InChI=1S/2CH3.BH4.2H2N.H3P.H2P.2H/h2*1H3;1H4;2*1H2;1H3;1H2;;/q5*-1;;3*-1. The molecule has 0 aromatic heterocycles. The molecule has 0 heterocycles. The largest absolute Gasteiger partial charge is 1.00 e. The van der Waals surface area contributed by atoms with Crippen molar-refractivity contribution >= 4 is 28.2 Å². The van der Waals surface area contributed by atoms with E-state index in [-0.39, 0.29) is 58.2 Å². The highest BCUT2D eigenvalue weighted by molar-refractivity contribution is 6.92. The molecule has 4 N–H and O–H groups in total. The normalized spacial score (nSPS) is 0. The van der Waals surface area contributed by atoms with Crippen LogP contribution in [0.25, 0.3) is 12.3 Å². The van der Waals surface area contributed by atoms with Gasteiger partial charge in [-0.15, -0.1) is 0 Å². The number of nitrogens with two attached hydrogens (primary N) is 2. The van der Waals surface area contributed by atoms with Gasteiger partial charge in [-0.2, -0.15) is 9.90 Å². The van der Waals surface area contributed by atoms with Crippen molar-refractivity contribution in [3.8, 4) is 0 Å². The lowest BCUT2D eigenvalue weighted by Crippen LogP contribution is -0.381. The van der Waals surface area contributed by atoms with Crippen LogP contribution in [0.3, 0.4) is 0 Å². The molecular formula is C2H21BN2P2-8. The van der Waals surface area contributed by atoms with Crippen molar-refractivity contribution in [1.29, 1.82) is 0 Å². The Morgan fingerprint density at radius 2 is 0.857 bits per heavy atom. The fourth-order valence-corrected chi connectivity index (χ4v) is 0. The van der Waals surface area contributed by atoms with E-state index in [4.69, 9.17) is 0 Å². The lowest BCUT2D eigenvalue weighted by Gasteiger charge is -0.694. The minimum Gasteiger partial charge on any atom is -1.00 e. The molecule has 0 aliphatic rings. The first-order valence-corrected chi connectivity index (χ1v) is 0. The minimum atomic E-state index is 0. The second-order valence-electron chi connectivity index (χ2n) is 0. The molecule has 0 rings (SSSR count). The first-order chi connectivity index (χ1) is 0. The molecule has 0 amide bonds. The van der Waals surface area contributed by atoms with Gasteiger partial charge in [0.1, 0.15) is 0 Å². The summed E-state index contributed by atoms with van der Waals surface area (Å²) in [6.07, 6.45) is 0. The third kappa shape index (κ3) is 225. The Morgan fingerprint density at radius 1 is 0.857 bits per heavy atom. The van der Waals surface area contributed by atoms with E-state index in [0.29, 0.717) is 0 Å². The van der Waals surface area contributed by atoms with E-state index in [1.807, 2.05) is 0 Å². The van der Waals surface area contributed by atoms with Crippen LogP contribution in [0.2, 0.25) is 0 Å². The smallest absolute Gasteiger partial charge is 0.0626 e. The first-order valence-electron chi connectivity index (χ1n) is 0. The van der Waals surface area contributed by atoms with E-state index >= 15 is 0 Å². The minimum absolute atomic E-state index is 0. The molecule has 0 bridgehead atoms. The summed E-state index contributed by atoms with van der Waals surface area (Å²) in [5.41, 5.74) is 0. The Labute approximate surface area is 59.2 Å². The van der Waals surface area contributed by atoms with Gasteiger partial charge in [0.25, 0.3) is 0 Å². The quantitative estimate of drug-likeness (QED) is 0.282. The monoisotopic (exact) mass is 146 g/mol. The summed E-state index contributed by atoms with van der Waals surface area (Å²) in [4.78, 5) is 0. The lowest BCUT2D eigenvalue weighted by molar-refractivity contribution is 3.24. The van der Waals surface area contributed by atoms with Crippen molar-refractivity contribution in [3.63, 3.8) is 0 Å². The van der Waals surface area contributed by atoms with E-state index in [9.17, 15) is 0 Å². The topological polar surface area (TPSA) is 67.0 Å². The van der Waals surface area contributed by atoms with Gasteiger partial charge in [-0.05, 0) is 0 Å². The van der Waals surface area contributed by atoms with Crippen molar-refractivity contribution in [2.45, 2.75) is 0 Å². The molecule has 2 nitrogen and oxygen atoms in total. The Bertz CT molecular complexity index is 20.5. The molecule has 0 saturated heterocycles. The molecule has 0 aromatic rings. The molecule has 0 aromatic carbocycles. The van der Waals surface area contributed by atoms with Gasteiger partial charge in [0.05, 0.1) is 0 Å². The Morgan fingerprint density at radius 3 is 0.857 bits per heavy atom. The van der Waals surface area contributed by atoms with Gasteiger partial charge < -0.3 is 39.9 Å². The number of hydrogen-bond acceptors (Lipinski definition) is 0. The van der Waals surface area contributed by atoms with Gasteiger partial charge in [-0.3, -0.25) is 0 Å². The zero-order chi connectivity index (χ0) is 0. The van der Waals surface area contributed by atoms with E-state index in [1.54, 1.807) is 0 Å². The van der Waals surface area contributed by atoms with Crippen LogP contribution < -0.4 is 0 Å². The third-order valence-corrected chi connectivity index (χ3v) is 0.